The maximum atomic E-state index is 13.2. The summed E-state index contributed by atoms with van der Waals surface area (Å²) < 4.78 is 0. The molecule has 0 unspecified atom stereocenters. The van der Waals surface area contributed by atoms with Gasteiger partial charge >= 0.3 is 0 Å². The number of carbonyl (C=O) groups is 2. The van der Waals surface area contributed by atoms with Crippen molar-refractivity contribution in [2.45, 2.75) is 73.1 Å². The molecule has 1 aliphatic rings. The Kier molecular flexibility index (Phi) is 5.59. The summed E-state index contributed by atoms with van der Waals surface area (Å²) >= 11 is 5.23. The fourth-order valence-electron chi connectivity index (χ4n) is 4.09. The lowest BCUT2D eigenvalue weighted by Gasteiger charge is -2.18. The molecule has 0 fully saturated rings. The van der Waals surface area contributed by atoms with Gasteiger partial charge in [0.25, 0.3) is 11.8 Å². The van der Waals surface area contributed by atoms with Gasteiger partial charge in [-0.25, -0.2) is 0 Å². The summed E-state index contributed by atoms with van der Waals surface area (Å²) in [6.07, 6.45) is 0. The van der Waals surface area contributed by atoms with E-state index in [1.807, 2.05) is 18.3 Å². The van der Waals surface area contributed by atoms with Gasteiger partial charge in [-0.15, -0.1) is 34.0 Å². The molecule has 0 saturated heterocycles. The lowest BCUT2D eigenvalue weighted by atomic mass is 9.90. The summed E-state index contributed by atoms with van der Waals surface area (Å²) in [4.78, 5) is 34.7. The van der Waals surface area contributed by atoms with Gasteiger partial charge in [-0.2, -0.15) is 0 Å². The third-order valence-electron chi connectivity index (χ3n) is 5.83. The summed E-state index contributed by atoms with van der Waals surface area (Å²) in [6, 6.07) is 4.50. The number of amides is 2. The van der Waals surface area contributed by atoms with Crippen molar-refractivity contribution in [2.24, 2.45) is 0 Å². The molecule has 1 aliphatic heterocycles. The first-order valence-corrected chi connectivity index (χ1v) is 13.5. The van der Waals surface area contributed by atoms with Crippen molar-refractivity contribution in [3.8, 4) is 19.5 Å². The fourth-order valence-corrected chi connectivity index (χ4v) is 8.20. The van der Waals surface area contributed by atoms with E-state index >= 15 is 0 Å². The van der Waals surface area contributed by atoms with E-state index in [1.54, 1.807) is 22.7 Å². The number of hydrogen-bond acceptors (Lipinski definition) is 5. The highest BCUT2D eigenvalue weighted by atomic mass is 32.1. The SMILES string of the molecule is CCN1C(=O)c2c(-c3cc(C)c(-c4sc(C(C)(C)C)cc4C)s3)sc(C(C)(C)C)c2C1=O. The Morgan fingerprint density at radius 3 is 1.84 bits per heavy atom. The Hall–Kier alpha value is -1.76. The highest BCUT2D eigenvalue weighted by molar-refractivity contribution is 7.27. The van der Waals surface area contributed by atoms with Crippen molar-refractivity contribution in [3.05, 3.63) is 44.1 Å². The van der Waals surface area contributed by atoms with Crippen LogP contribution in [0.25, 0.3) is 19.5 Å². The van der Waals surface area contributed by atoms with Crippen LogP contribution in [0.5, 0.6) is 0 Å². The Morgan fingerprint density at radius 2 is 1.31 bits per heavy atom. The van der Waals surface area contributed by atoms with Crippen molar-refractivity contribution in [3.63, 3.8) is 0 Å². The molecule has 0 spiro atoms. The number of imide groups is 1. The molecule has 0 atom stereocenters. The largest absolute Gasteiger partial charge is 0.275 e. The predicted molar refractivity (Wildman–Crippen MR) is 139 cm³/mol. The van der Waals surface area contributed by atoms with Gasteiger partial charge in [-0.05, 0) is 54.9 Å². The second-order valence-electron chi connectivity index (χ2n) is 10.6. The van der Waals surface area contributed by atoms with E-state index in [0.29, 0.717) is 17.7 Å². The van der Waals surface area contributed by atoms with Crippen molar-refractivity contribution in [1.29, 1.82) is 0 Å². The number of fused-ring (bicyclic) bond motifs is 1. The lowest BCUT2D eigenvalue weighted by Crippen LogP contribution is -2.30. The van der Waals surface area contributed by atoms with Crippen LogP contribution >= 0.6 is 34.0 Å². The first kappa shape index (κ1) is 23.4. The first-order chi connectivity index (χ1) is 14.8. The second-order valence-corrected chi connectivity index (χ2v) is 13.7. The van der Waals surface area contributed by atoms with Crippen LogP contribution in [0.1, 0.15) is 90.1 Å². The molecule has 4 heterocycles. The topological polar surface area (TPSA) is 37.4 Å². The van der Waals surface area contributed by atoms with Crippen molar-refractivity contribution in [1.82, 2.24) is 4.90 Å². The number of hydrogen-bond donors (Lipinski definition) is 0. The molecule has 3 aromatic heterocycles. The van der Waals surface area contributed by atoms with Crippen LogP contribution in [0.3, 0.4) is 0 Å². The van der Waals surface area contributed by atoms with Gasteiger partial charge in [0.15, 0.2) is 0 Å². The smallest absolute Gasteiger partial charge is 0.263 e. The minimum atomic E-state index is -0.201. The number of carbonyl (C=O) groups excluding carboxylic acids is 2. The molecular weight excluding hydrogens is 454 g/mol. The average molecular weight is 486 g/mol. The first-order valence-electron chi connectivity index (χ1n) is 11.0. The average Bonchev–Trinajstić information content (AvgIpc) is 3.38. The second kappa shape index (κ2) is 7.64. The number of nitrogens with zero attached hydrogens (tertiary/aromatic N) is 1. The maximum Gasteiger partial charge on any atom is 0.263 e. The zero-order valence-corrected chi connectivity index (χ0v) is 22.8. The molecule has 0 bridgehead atoms. The quantitative estimate of drug-likeness (QED) is 0.352. The summed E-state index contributed by atoms with van der Waals surface area (Å²) in [7, 11) is 0. The van der Waals surface area contributed by atoms with E-state index < -0.39 is 0 Å². The van der Waals surface area contributed by atoms with Crippen molar-refractivity contribution >= 4 is 45.8 Å². The minimum absolute atomic E-state index is 0.119. The molecule has 3 nitrogen and oxygen atoms in total. The third kappa shape index (κ3) is 3.61. The number of thiophene rings is 3. The van der Waals surface area contributed by atoms with Gasteiger partial charge in [0, 0.05) is 30.9 Å². The van der Waals surface area contributed by atoms with Gasteiger partial charge in [0.2, 0.25) is 0 Å². The van der Waals surface area contributed by atoms with E-state index in [9.17, 15) is 9.59 Å². The van der Waals surface area contributed by atoms with Crippen LogP contribution in [0.15, 0.2) is 12.1 Å². The fraction of sp³-hybridized carbons (Fsp3) is 0.462. The van der Waals surface area contributed by atoms with E-state index in [-0.39, 0.29) is 22.6 Å². The molecule has 0 aromatic carbocycles. The lowest BCUT2D eigenvalue weighted by molar-refractivity contribution is 0.0662. The third-order valence-corrected chi connectivity index (χ3v) is 10.7. The molecule has 2 amide bonds. The van der Waals surface area contributed by atoms with Gasteiger partial charge in [0.1, 0.15) is 0 Å². The molecule has 0 saturated carbocycles. The Bertz CT molecular complexity index is 1240. The van der Waals surface area contributed by atoms with E-state index in [0.717, 1.165) is 14.6 Å². The van der Waals surface area contributed by atoms with Crippen LogP contribution in [0.4, 0.5) is 0 Å². The molecule has 4 rings (SSSR count). The zero-order chi connectivity index (χ0) is 23.7. The van der Waals surface area contributed by atoms with Gasteiger partial charge in [0.05, 0.1) is 16.0 Å². The molecule has 3 aromatic rings. The van der Waals surface area contributed by atoms with Gasteiger partial charge < -0.3 is 0 Å². The summed E-state index contributed by atoms with van der Waals surface area (Å²) in [6.45, 7) is 19.7. The Balaban J connectivity index is 1.90. The zero-order valence-electron chi connectivity index (χ0n) is 20.4. The van der Waals surface area contributed by atoms with E-state index in [1.165, 1.54) is 30.7 Å². The molecule has 0 N–H and O–H groups in total. The summed E-state index contributed by atoms with van der Waals surface area (Å²) in [5.41, 5.74) is 3.67. The standard InChI is InChI=1S/C26H31NO2S3/c1-10-27-23(28)17-18(24(27)29)22(26(7,8)9)32-21(17)15-11-13(2)19(30-15)20-14(3)12-16(31-20)25(4,5)6/h11-12H,10H2,1-9H3. The van der Waals surface area contributed by atoms with Crippen LogP contribution in [0, 0.1) is 13.8 Å². The maximum absolute atomic E-state index is 13.2. The van der Waals surface area contributed by atoms with Crippen molar-refractivity contribution in [2.75, 3.05) is 6.54 Å². The Labute approximate surface area is 203 Å². The molecule has 0 radical (unpaired) electrons. The molecule has 170 valence electrons. The van der Waals surface area contributed by atoms with E-state index in [2.05, 4.69) is 67.5 Å². The van der Waals surface area contributed by atoms with E-state index in [4.69, 9.17) is 0 Å². The molecular formula is C26H31NO2S3. The van der Waals surface area contributed by atoms with Gasteiger partial charge in [-0.3, -0.25) is 14.5 Å². The minimum Gasteiger partial charge on any atom is -0.275 e. The van der Waals surface area contributed by atoms with Crippen LogP contribution in [-0.4, -0.2) is 23.3 Å². The summed E-state index contributed by atoms with van der Waals surface area (Å²) in [5.74, 6) is -0.290. The molecule has 32 heavy (non-hydrogen) atoms. The Morgan fingerprint density at radius 1 is 0.750 bits per heavy atom. The van der Waals surface area contributed by atoms with Crippen LogP contribution < -0.4 is 0 Å². The molecule has 6 heteroatoms. The number of rotatable bonds is 3. The van der Waals surface area contributed by atoms with Crippen LogP contribution in [0.2, 0.25) is 0 Å². The summed E-state index contributed by atoms with van der Waals surface area (Å²) in [5, 5.41) is 0. The normalized spacial score (nSPS) is 14.6. The predicted octanol–water partition coefficient (Wildman–Crippen LogP) is 8.03. The van der Waals surface area contributed by atoms with Crippen molar-refractivity contribution < 1.29 is 9.59 Å². The van der Waals surface area contributed by atoms with Gasteiger partial charge in [-0.1, -0.05) is 41.5 Å². The highest BCUT2D eigenvalue weighted by Gasteiger charge is 2.43. The van der Waals surface area contributed by atoms with Crippen LogP contribution in [-0.2, 0) is 10.8 Å². The highest BCUT2D eigenvalue weighted by Crippen LogP contribution is 2.50. The molecule has 0 aliphatic carbocycles. The number of aryl methyl sites for hydroxylation is 2. The monoisotopic (exact) mass is 485 g/mol.